The van der Waals surface area contributed by atoms with Crippen molar-refractivity contribution in [3.05, 3.63) is 34.9 Å². The normalized spacial score (nSPS) is 21.9. The first-order valence-electron chi connectivity index (χ1n) is 8.17. The molecule has 0 bridgehead atoms. The first-order chi connectivity index (χ1) is 11.6. The topological polar surface area (TPSA) is 51.7 Å². The number of rotatable bonds is 3. The smallest absolute Gasteiger partial charge is 0.311 e. The fourth-order valence-electron chi connectivity index (χ4n) is 3.78. The van der Waals surface area contributed by atoms with Gasteiger partial charge in [-0.2, -0.15) is 0 Å². The average Bonchev–Trinajstić information content (AvgIpc) is 2.96. The van der Waals surface area contributed by atoms with Gasteiger partial charge in [0.15, 0.2) is 0 Å². The van der Waals surface area contributed by atoms with Gasteiger partial charge in [0.05, 0.1) is 31.3 Å². The predicted molar refractivity (Wildman–Crippen MR) is 95.0 cm³/mol. The van der Waals surface area contributed by atoms with Crippen LogP contribution in [-0.4, -0.2) is 43.9 Å². The van der Waals surface area contributed by atoms with Gasteiger partial charge in [0.25, 0.3) is 0 Å². The van der Waals surface area contributed by atoms with Gasteiger partial charge < -0.3 is 14.4 Å². The van der Waals surface area contributed by atoms with E-state index in [0.717, 1.165) is 27.6 Å². The molecule has 1 aromatic heterocycles. The summed E-state index contributed by atoms with van der Waals surface area (Å²) < 4.78 is 11.7. The summed E-state index contributed by atoms with van der Waals surface area (Å²) in [4.78, 5) is 19.2. The van der Waals surface area contributed by atoms with Gasteiger partial charge in [0, 0.05) is 40.2 Å². The molecule has 1 aromatic carbocycles. The van der Waals surface area contributed by atoms with Crippen molar-refractivity contribution in [2.24, 2.45) is 11.3 Å². The predicted octanol–water partition coefficient (Wildman–Crippen LogP) is 3.01. The quantitative estimate of drug-likeness (QED) is 0.753. The van der Waals surface area contributed by atoms with Crippen LogP contribution in [0.15, 0.2) is 34.9 Å². The number of benzene rings is 1. The number of halogens is 1. The molecule has 2 saturated heterocycles. The highest BCUT2D eigenvalue weighted by Crippen LogP contribution is 2.45. The van der Waals surface area contributed by atoms with Gasteiger partial charge in [-0.1, -0.05) is 12.1 Å². The maximum atomic E-state index is 12.4. The Morgan fingerprint density at radius 2 is 2.29 bits per heavy atom. The van der Waals surface area contributed by atoms with E-state index in [9.17, 15) is 4.79 Å². The maximum absolute atomic E-state index is 12.4. The molecular weight excluding hydrogens is 372 g/mol. The Balaban J connectivity index is 1.71. The summed E-state index contributed by atoms with van der Waals surface area (Å²) in [7, 11) is 0. The van der Waals surface area contributed by atoms with Crippen LogP contribution in [0.4, 0.5) is 5.69 Å². The van der Waals surface area contributed by atoms with Gasteiger partial charge in [0.1, 0.15) is 0 Å². The molecule has 0 amide bonds. The SMILES string of the molecule is CCOC(=O)C1CN(c2ccnc3c(Br)cccc23)CC12COC2. The summed E-state index contributed by atoms with van der Waals surface area (Å²) in [5.74, 6) is -0.246. The molecule has 1 atom stereocenters. The molecule has 5 nitrogen and oxygen atoms in total. The number of carbonyl (C=O) groups is 1. The molecule has 6 heteroatoms. The van der Waals surface area contributed by atoms with Crippen LogP contribution in [-0.2, 0) is 14.3 Å². The van der Waals surface area contributed by atoms with Gasteiger partial charge in [0.2, 0.25) is 0 Å². The number of hydrogen-bond acceptors (Lipinski definition) is 5. The number of nitrogens with zero attached hydrogens (tertiary/aromatic N) is 2. The molecule has 3 heterocycles. The second-order valence-corrected chi connectivity index (χ2v) is 7.36. The highest BCUT2D eigenvalue weighted by atomic mass is 79.9. The second-order valence-electron chi connectivity index (χ2n) is 6.51. The molecule has 0 N–H and O–H groups in total. The number of fused-ring (bicyclic) bond motifs is 1. The van der Waals surface area contributed by atoms with E-state index in [-0.39, 0.29) is 17.3 Å². The Morgan fingerprint density at radius 3 is 3.00 bits per heavy atom. The first-order valence-corrected chi connectivity index (χ1v) is 8.96. The van der Waals surface area contributed by atoms with E-state index in [0.29, 0.717) is 26.4 Å². The zero-order valence-electron chi connectivity index (χ0n) is 13.5. The van der Waals surface area contributed by atoms with Crippen LogP contribution >= 0.6 is 15.9 Å². The number of para-hydroxylation sites is 1. The van der Waals surface area contributed by atoms with Crippen molar-refractivity contribution in [1.29, 1.82) is 0 Å². The molecule has 2 fully saturated rings. The lowest BCUT2D eigenvalue weighted by Crippen LogP contribution is -2.51. The highest BCUT2D eigenvalue weighted by Gasteiger charge is 2.55. The first kappa shape index (κ1) is 15.8. The molecule has 2 aromatic rings. The molecule has 1 spiro atoms. The van der Waals surface area contributed by atoms with Gasteiger partial charge in [-0.3, -0.25) is 9.78 Å². The Labute approximate surface area is 149 Å². The van der Waals surface area contributed by atoms with Crippen LogP contribution in [0.3, 0.4) is 0 Å². The highest BCUT2D eigenvalue weighted by molar-refractivity contribution is 9.10. The molecule has 0 radical (unpaired) electrons. The van der Waals surface area contributed by atoms with E-state index < -0.39 is 0 Å². The summed E-state index contributed by atoms with van der Waals surface area (Å²) in [6.07, 6.45) is 1.82. The summed E-state index contributed by atoms with van der Waals surface area (Å²) in [5, 5.41) is 1.09. The molecule has 24 heavy (non-hydrogen) atoms. The number of aromatic nitrogens is 1. The zero-order chi connectivity index (χ0) is 16.7. The Bertz CT molecular complexity index is 791. The largest absolute Gasteiger partial charge is 0.466 e. The lowest BCUT2D eigenvalue weighted by atomic mass is 9.76. The Kier molecular flexibility index (Phi) is 3.96. The minimum absolute atomic E-state index is 0.108. The summed E-state index contributed by atoms with van der Waals surface area (Å²) in [6, 6.07) is 8.10. The maximum Gasteiger partial charge on any atom is 0.311 e. The van der Waals surface area contributed by atoms with Gasteiger partial charge in [-0.15, -0.1) is 0 Å². The van der Waals surface area contributed by atoms with E-state index in [1.165, 1.54) is 0 Å². The van der Waals surface area contributed by atoms with E-state index in [1.54, 1.807) is 0 Å². The summed E-state index contributed by atoms with van der Waals surface area (Å²) in [5.41, 5.74) is 1.93. The van der Waals surface area contributed by atoms with Crippen molar-refractivity contribution in [3.8, 4) is 0 Å². The Morgan fingerprint density at radius 1 is 1.46 bits per heavy atom. The van der Waals surface area contributed by atoms with Crippen molar-refractivity contribution in [1.82, 2.24) is 4.98 Å². The molecule has 0 aliphatic carbocycles. The number of pyridine rings is 1. The standard InChI is InChI=1S/C18H19BrN2O3/c1-2-24-17(22)13-8-21(9-18(13)10-23-11-18)15-6-7-20-16-12(15)4-3-5-14(16)19/h3-7,13H,2,8-11H2,1H3. The van der Waals surface area contributed by atoms with Crippen LogP contribution in [0, 0.1) is 11.3 Å². The van der Waals surface area contributed by atoms with Crippen molar-refractivity contribution >= 4 is 38.5 Å². The van der Waals surface area contributed by atoms with Crippen LogP contribution < -0.4 is 4.90 Å². The molecule has 1 unspecified atom stereocenters. The average molecular weight is 391 g/mol. The number of ether oxygens (including phenoxy) is 2. The number of hydrogen-bond donors (Lipinski definition) is 0. The molecule has 2 aliphatic rings. The van der Waals surface area contributed by atoms with Crippen LogP contribution in [0.1, 0.15) is 6.92 Å². The van der Waals surface area contributed by atoms with E-state index >= 15 is 0 Å². The van der Waals surface area contributed by atoms with Crippen molar-refractivity contribution in [3.63, 3.8) is 0 Å². The van der Waals surface area contributed by atoms with Crippen molar-refractivity contribution in [2.45, 2.75) is 6.92 Å². The van der Waals surface area contributed by atoms with E-state index in [1.807, 2.05) is 31.3 Å². The number of carbonyl (C=O) groups excluding carboxylic acids is 1. The van der Waals surface area contributed by atoms with Gasteiger partial charge >= 0.3 is 5.97 Å². The van der Waals surface area contributed by atoms with Gasteiger partial charge in [-0.25, -0.2) is 0 Å². The molecule has 126 valence electrons. The monoisotopic (exact) mass is 390 g/mol. The van der Waals surface area contributed by atoms with Gasteiger partial charge in [-0.05, 0) is 35.0 Å². The van der Waals surface area contributed by atoms with Crippen LogP contribution in [0.25, 0.3) is 10.9 Å². The number of esters is 1. The van der Waals surface area contributed by atoms with E-state index in [2.05, 4.69) is 31.9 Å². The Hall–Kier alpha value is -1.66. The lowest BCUT2D eigenvalue weighted by Gasteiger charge is -2.41. The van der Waals surface area contributed by atoms with Crippen LogP contribution in [0.5, 0.6) is 0 Å². The molecule has 4 rings (SSSR count). The molecule has 2 aliphatic heterocycles. The fourth-order valence-corrected chi connectivity index (χ4v) is 4.25. The minimum Gasteiger partial charge on any atom is -0.466 e. The minimum atomic E-state index is -0.137. The molecule has 0 saturated carbocycles. The second kappa shape index (κ2) is 6.01. The third-order valence-corrected chi connectivity index (χ3v) is 5.68. The van der Waals surface area contributed by atoms with E-state index in [4.69, 9.17) is 9.47 Å². The van der Waals surface area contributed by atoms with Crippen molar-refractivity contribution < 1.29 is 14.3 Å². The zero-order valence-corrected chi connectivity index (χ0v) is 15.1. The third-order valence-electron chi connectivity index (χ3n) is 5.04. The summed E-state index contributed by atoms with van der Waals surface area (Å²) >= 11 is 3.57. The van der Waals surface area contributed by atoms with Crippen molar-refractivity contribution in [2.75, 3.05) is 37.8 Å². The third kappa shape index (κ3) is 2.40. The summed E-state index contributed by atoms with van der Waals surface area (Å²) in [6.45, 7) is 4.98. The lowest BCUT2D eigenvalue weighted by molar-refractivity contribution is -0.169. The van der Waals surface area contributed by atoms with Crippen LogP contribution in [0.2, 0.25) is 0 Å². The fraction of sp³-hybridized carbons (Fsp3) is 0.444. The number of anilines is 1. The molecular formula is C18H19BrN2O3.